The van der Waals surface area contributed by atoms with Crippen LogP contribution in [-0.4, -0.2) is 48.4 Å². The van der Waals surface area contributed by atoms with Gasteiger partial charge in [-0.2, -0.15) is 0 Å². The molecule has 0 bridgehead atoms. The molecule has 3 aromatic rings. The van der Waals surface area contributed by atoms with Gasteiger partial charge in [-0.3, -0.25) is 4.79 Å². The number of aliphatic hydroxyl groups excluding tert-OH is 1. The molecule has 1 saturated heterocycles. The van der Waals surface area contributed by atoms with Crippen LogP contribution in [0.5, 0.6) is 0 Å². The Balaban J connectivity index is 1.57. The highest BCUT2D eigenvalue weighted by Crippen LogP contribution is 2.30. The van der Waals surface area contributed by atoms with E-state index in [1.165, 1.54) is 6.92 Å². The third-order valence-corrected chi connectivity index (χ3v) is 5.92. The molecule has 0 radical (unpaired) electrons. The minimum atomic E-state index is -1.30. The minimum absolute atomic E-state index is 0.0809. The van der Waals surface area contributed by atoms with Gasteiger partial charge in [0.25, 0.3) is 0 Å². The molecule has 0 spiro atoms. The zero-order valence-electron chi connectivity index (χ0n) is 20.3. The molecule has 36 heavy (non-hydrogen) atoms. The molecular formula is C29H32O7. The van der Waals surface area contributed by atoms with Crippen molar-refractivity contribution in [2.45, 2.75) is 57.5 Å². The number of benzene rings is 3. The molecule has 0 unspecified atom stereocenters. The Bertz CT molecular complexity index is 1040. The molecule has 0 aliphatic carbocycles. The van der Waals surface area contributed by atoms with E-state index in [2.05, 4.69) is 0 Å². The Kier molecular flexibility index (Phi) is 9.61. The molecule has 1 heterocycles. The molecular weight excluding hydrogens is 460 g/mol. The third-order valence-electron chi connectivity index (χ3n) is 5.92. The number of carbonyl (C=O) groups excluding carboxylic acids is 1. The van der Waals surface area contributed by atoms with Crippen molar-refractivity contribution in [1.29, 1.82) is 0 Å². The monoisotopic (exact) mass is 492 g/mol. The highest BCUT2D eigenvalue weighted by molar-refractivity contribution is 5.65. The van der Waals surface area contributed by atoms with Crippen LogP contribution >= 0.6 is 0 Å². The van der Waals surface area contributed by atoms with Crippen molar-refractivity contribution in [3.8, 4) is 0 Å². The molecule has 3 aromatic carbocycles. The molecule has 1 aliphatic heterocycles. The van der Waals surface area contributed by atoms with Gasteiger partial charge in [-0.15, -0.1) is 0 Å². The van der Waals surface area contributed by atoms with E-state index >= 15 is 0 Å². The van der Waals surface area contributed by atoms with Crippen molar-refractivity contribution in [1.82, 2.24) is 0 Å². The van der Waals surface area contributed by atoms with Crippen molar-refractivity contribution >= 4 is 5.97 Å². The lowest BCUT2D eigenvalue weighted by atomic mass is 9.98. The lowest BCUT2D eigenvalue weighted by molar-refractivity contribution is -0.315. The zero-order chi connectivity index (χ0) is 25.2. The third kappa shape index (κ3) is 7.46. The summed E-state index contributed by atoms with van der Waals surface area (Å²) in [6.07, 6.45) is -4.24. The summed E-state index contributed by atoms with van der Waals surface area (Å²) in [5, 5.41) is 10.9. The predicted molar refractivity (Wildman–Crippen MR) is 133 cm³/mol. The van der Waals surface area contributed by atoms with Crippen molar-refractivity contribution in [2.75, 3.05) is 6.61 Å². The van der Waals surface area contributed by atoms with Gasteiger partial charge in [0.15, 0.2) is 6.29 Å². The van der Waals surface area contributed by atoms with Gasteiger partial charge in [-0.25, -0.2) is 0 Å². The van der Waals surface area contributed by atoms with Crippen LogP contribution < -0.4 is 0 Å². The number of hydrogen-bond donors (Lipinski definition) is 1. The van der Waals surface area contributed by atoms with Gasteiger partial charge >= 0.3 is 5.97 Å². The largest absolute Gasteiger partial charge is 0.463 e. The second kappa shape index (κ2) is 13.3. The SMILES string of the molecule is CC(=O)OC[C@H]1O[C@@H](O)[C@@H](OCc2ccccc2)[C@@H](OCc2ccccc2)[C@@H]1OCc1ccccc1. The fourth-order valence-electron chi connectivity index (χ4n) is 4.10. The smallest absolute Gasteiger partial charge is 0.302 e. The average molecular weight is 493 g/mol. The van der Waals surface area contributed by atoms with Crippen molar-refractivity contribution in [3.05, 3.63) is 108 Å². The van der Waals surface area contributed by atoms with Crippen LogP contribution in [0, 0.1) is 0 Å². The molecule has 7 heteroatoms. The number of aliphatic hydroxyl groups is 1. The first-order valence-electron chi connectivity index (χ1n) is 12.0. The molecule has 5 atom stereocenters. The van der Waals surface area contributed by atoms with Gasteiger partial charge in [0, 0.05) is 6.92 Å². The first-order chi connectivity index (χ1) is 17.6. The summed E-state index contributed by atoms with van der Waals surface area (Å²) in [5.41, 5.74) is 2.90. The Morgan fingerprint density at radius 3 is 1.56 bits per heavy atom. The summed E-state index contributed by atoms with van der Waals surface area (Å²) < 4.78 is 29.9. The van der Waals surface area contributed by atoms with Gasteiger partial charge in [-0.1, -0.05) is 91.0 Å². The Labute approximate surface area is 211 Å². The standard InChI is InChI=1S/C29H32O7/c1-21(30)32-20-25-26(33-17-22-11-5-2-6-12-22)27(34-18-23-13-7-3-8-14-23)28(29(31)36-25)35-19-24-15-9-4-10-16-24/h2-16,25-29,31H,17-20H2,1H3/t25-,26-,27+,28+,29-/m1/s1. The summed E-state index contributed by atoms with van der Waals surface area (Å²) in [7, 11) is 0. The number of rotatable bonds is 11. The van der Waals surface area contributed by atoms with E-state index in [9.17, 15) is 9.90 Å². The predicted octanol–water partition coefficient (Wildman–Crippen LogP) is 4.02. The van der Waals surface area contributed by atoms with Gasteiger partial charge in [0.2, 0.25) is 0 Å². The summed E-state index contributed by atoms with van der Waals surface area (Å²) in [6, 6.07) is 29.2. The topological polar surface area (TPSA) is 83.5 Å². The maximum absolute atomic E-state index is 11.5. The van der Waals surface area contributed by atoms with Gasteiger partial charge in [0.1, 0.15) is 31.0 Å². The molecule has 1 N–H and O–H groups in total. The molecule has 190 valence electrons. The summed E-state index contributed by atoms with van der Waals surface area (Å²) in [5.74, 6) is -0.445. The molecule has 1 fully saturated rings. The van der Waals surface area contributed by atoms with E-state index in [4.69, 9.17) is 23.7 Å². The molecule has 0 aromatic heterocycles. The normalized spacial score (nSPS) is 23.8. The van der Waals surface area contributed by atoms with Crippen LogP contribution in [0.1, 0.15) is 23.6 Å². The fraction of sp³-hybridized carbons (Fsp3) is 0.345. The van der Waals surface area contributed by atoms with E-state index in [-0.39, 0.29) is 26.4 Å². The van der Waals surface area contributed by atoms with E-state index < -0.39 is 36.7 Å². The first-order valence-corrected chi connectivity index (χ1v) is 12.0. The van der Waals surface area contributed by atoms with Crippen molar-refractivity contribution < 1.29 is 33.6 Å². The average Bonchev–Trinajstić information content (AvgIpc) is 2.91. The summed E-state index contributed by atoms with van der Waals surface area (Å²) in [4.78, 5) is 11.5. The zero-order valence-corrected chi connectivity index (χ0v) is 20.3. The number of hydrogen-bond acceptors (Lipinski definition) is 7. The van der Waals surface area contributed by atoms with Crippen LogP contribution in [0.3, 0.4) is 0 Å². The Morgan fingerprint density at radius 2 is 1.11 bits per heavy atom. The highest BCUT2D eigenvalue weighted by Gasteiger charge is 2.48. The lowest BCUT2D eigenvalue weighted by Crippen LogP contribution is -2.61. The van der Waals surface area contributed by atoms with Crippen LogP contribution in [0.15, 0.2) is 91.0 Å². The summed E-state index contributed by atoms with van der Waals surface area (Å²) >= 11 is 0. The summed E-state index contributed by atoms with van der Waals surface area (Å²) in [6.45, 7) is 2.08. The number of ether oxygens (including phenoxy) is 5. The minimum Gasteiger partial charge on any atom is -0.463 e. The number of esters is 1. The lowest BCUT2D eigenvalue weighted by Gasteiger charge is -2.44. The van der Waals surface area contributed by atoms with E-state index in [1.54, 1.807) is 0 Å². The Morgan fingerprint density at radius 1 is 0.694 bits per heavy atom. The Hall–Kier alpha value is -3.07. The fourth-order valence-corrected chi connectivity index (χ4v) is 4.10. The number of carbonyl (C=O) groups is 1. The van der Waals surface area contributed by atoms with Crippen LogP contribution in [0.25, 0.3) is 0 Å². The van der Waals surface area contributed by atoms with Crippen LogP contribution in [-0.2, 0) is 48.3 Å². The van der Waals surface area contributed by atoms with Crippen molar-refractivity contribution in [3.63, 3.8) is 0 Å². The molecule has 0 amide bonds. The van der Waals surface area contributed by atoms with Gasteiger partial charge in [-0.05, 0) is 16.7 Å². The second-order valence-electron chi connectivity index (χ2n) is 8.65. The quantitative estimate of drug-likeness (QED) is 0.405. The molecule has 7 nitrogen and oxygen atoms in total. The first kappa shape index (κ1) is 26.0. The molecule has 4 rings (SSSR count). The second-order valence-corrected chi connectivity index (χ2v) is 8.65. The van der Waals surface area contributed by atoms with E-state index in [1.807, 2.05) is 91.0 Å². The van der Waals surface area contributed by atoms with Crippen LogP contribution in [0.2, 0.25) is 0 Å². The van der Waals surface area contributed by atoms with Gasteiger partial charge < -0.3 is 28.8 Å². The highest BCUT2D eigenvalue weighted by atomic mass is 16.7. The maximum atomic E-state index is 11.5. The van der Waals surface area contributed by atoms with E-state index in [0.717, 1.165) is 16.7 Å². The van der Waals surface area contributed by atoms with Crippen molar-refractivity contribution in [2.24, 2.45) is 0 Å². The molecule has 1 aliphatic rings. The van der Waals surface area contributed by atoms with E-state index in [0.29, 0.717) is 0 Å². The van der Waals surface area contributed by atoms with Gasteiger partial charge in [0.05, 0.1) is 19.8 Å². The van der Waals surface area contributed by atoms with Crippen LogP contribution in [0.4, 0.5) is 0 Å². The molecule has 0 saturated carbocycles. The maximum Gasteiger partial charge on any atom is 0.302 e.